The Kier molecular flexibility index (Phi) is 5.44. The molecule has 0 radical (unpaired) electrons. The minimum Gasteiger partial charge on any atom is -0.323 e. The highest BCUT2D eigenvalue weighted by atomic mass is 79.9. The minimum atomic E-state index is -0.472. The van der Waals surface area contributed by atoms with E-state index < -0.39 is 11.1 Å². The van der Waals surface area contributed by atoms with Crippen LogP contribution in [0.2, 0.25) is 0 Å². The number of imidazole rings is 1. The first-order valence-corrected chi connectivity index (χ1v) is 9.54. The number of hydrogen-bond acceptors (Lipinski definition) is 3. The Balaban J connectivity index is 1.77. The first kappa shape index (κ1) is 17.9. The molecule has 0 aliphatic rings. The van der Waals surface area contributed by atoms with Gasteiger partial charge < -0.3 is 9.88 Å². The van der Waals surface area contributed by atoms with Crippen molar-refractivity contribution in [3.8, 4) is 0 Å². The molecule has 1 N–H and O–H groups in total. The lowest BCUT2D eigenvalue weighted by atomic mass is 10.3. The fourth-order valence-electron chi connectivity index (χ4n) is 2.49. The molecule has 0 fully saturated rings. The quantitative estimate of drug-likeness (QED) is 0.584. The van der Waals surface area contributed by atoms with Gasteiger partial charge in [0, 0.05) is 11.0 Å². The topological polar surface area (TPSA) is 46.9 Å². The normalized spacial score (nSPS) is 12.3. The van der Waals surface area contributed by atoms with Crippen LogP contribution >= 0.6 is 27.7 Å². The Labute approximate surface area is 158 Å². The van der Waals surface area contributed by atoms with Gasteiger partial charge in [-0.2, -0.15) is 0 Å². The second-order valence-electron chi connectivity index (χ2n) is 5.50. The Morgan fingerprint density at radius 3 is 2.84 bits per heavy atom. The Morgan fingerprint density at radius 1 is 1.36 bits per heavy atom. The van der Waals surface area contributed by atoms with Gasteiger partial charge in [-0.15, -0.1) is 0 Å². The third kappa shape index (κ3) is 3.88. The van der Waals surface area contributed by atoms with E-state index in [2.05, 4.69) is 30.8 Å². The highest BCUT2D eigenvalue weighted by molar-refractivity contribution is 9.10. The van der Waals surface area contributed by atoms with Crippen molar-refractivity contribution in [3.63, 3.8) is 0 Å². The zero-order valence-corrected chi connectivity index (χ0v) is 16.2. The van der Waals surface area contributed by atoms with Gasteiger partial charge in [0.05, 0.1) is 22.0 Å². The average Bonchev–Trinajstić information content (AvgIpc) is 2.94. The van der Waals surface area contributed by atoms with E-state index >= 15 is 0 Å². The van der Waals surface area contributed by atoms with Gasteiger partial charge in [-0.1, -0.05) is 39.8 Å². The van der Waals surface area contributed by atoms with Crippen molar-refractivity contribution in [2.75, 3.05) is 5.32 Å². The van der Waals surface area contributed by atoms with Crippen LogP contribution in [0.3, 0.4) is 0 Å². The highest BCUT2D eigenvalue weighted by Gasteiger charge is 2.20. The standard InChI is InChI=1S/C18H17BrFN3OS/c1-3-23-16-7-5-4-6-15(16)22-18(23)25-11(2)17(24)21-14-9-8-12(19)10-13(14)20/h4-11H,3H2,1-2H3,(H,21,24). The van der Waals surface area contributed by atoms with E-state index in [1.54, 1.807) is 13.0 Å². The molecular formula is C18H17BrFN3OS. The molecule has 0 aliphatic carbocycles. The third-order valence-electron chi connectivity index (χ3n) is 3.78. The van der Waals surface area contributed by atoms with Crippen LogP contribution in [-0.2, 0) is 11.3 Å². The van der Waals surface area contributed by atoms with Crippen LogP contribution in [0.5, 0.6) is 0 Å². The summed E-state index contributed by atoms with van der Waals surface area (Å²) in [6.07, 6.45) is 0. The molecule has 3 aromatic rings. The summed E-state index contributed by atoms with van der Waals surface area (Å²) in [5.74, 6) is -0.735. The summed E-state index contributed by atoms with van der Waals surface area (Å²) >= 11 is 4.57. The summed E-state index contributed by atoms with van der Waals surface area (Å²) in [6, 6.07) is 12.4. The molecule has 0 spiro atoms. The highest BCUT2D eigenvalue weighted by Crippen LogP contribution is 2.28. The van der Waals surface area contributed by atoms with Gasteiger partial charge in [0.1, 0.15) is 5.82 Å². The SMILES string of the molecule is CCn1c(SC(C)C(=O)Nc2ccc(Br)cc2F)nc2ccccc21. The number of fused-ring (bicyclic) bond motifs is 1. The molecule has 2 aromatic carbocycles. The van der Waals surface area contributed by atoms with Gasteiger partial charge in [0.15, 0.2) is 5.16 Å². The lowest BCUT2D eigenvalue weighted by Crippen LogP contribution is -2.23. The number of aromatic nitrogens is 2. The molecule has 0 saturated heterocycles. The second-order valence-corrected chi connectivity index (χ2v) is 7.72. The van der Waals surface area contributed by atoms with Gasteiger partial charge in [0.2, 0.25) is 5.91 Å². The number of benzene rings is 2. The number of aryl methyl sites for hydroxylation is 1. The van der Waals surface area contributed by atoms with Gasteiger partial charge in [-0.05, 0) is 44.2 Å². The van der Waals surface area contributed by atoms with Gasteiger partial charge in [-0.3, -0.25) is 4.79 Å². The number of hydrogen-bond donors (Lipinski definition) is 1. The van der Waals surface area contributed by atoms with Crippen molar-refractivity contribution < 1.29 is 9.18 Å². The molecule has 3 rings (SSSR count). The number of carbonyl (C=O) groups is 1. The Bertz CT molecular complexity index is 928. The molecule has 130 valence electrons. The van der Waals surface area contributed by atoms with Gasteiger partial charge >= 0.3 is 0 Å². The summed E-state index contributed by atoms with van der Waals surface area (Å²) in [4.78, 5) is 17.0. The van der Waals surface area contributed by atoms with E-state index in [0.717, 1.165) is 22.7 Å². The van der Waals surface area contributed by atoms with Crippen LogP contribution in [0.25, 0.3) is 11.0 Å². The largest absolute Gasteiger partial charge is 0.323 e. The average molecular weight is 422 g/mol. The zero-order valence-electron chi connectivity index (χ0n) is 13.8. The van der Waals surface area contributed by atoms with E-state index in [0.29, 0.717) is 4.47 Å². The molecule has 7 heteroatoms. The van der Waals surface area contributed by atoms with E-state index in [1.165, 1.54) is 23.9 Å². The van der Waals surface area contributed by atoms with Crippen LogP contribution in [0, 0.1) is 5.82 Å². The number of rotatable bonds is 5. The zero-order chi connectivity index (χ0) is 18.0. The predicted octanol–water partition coefficient (Wildman–Crippen LogP) is 5.08. The summed E-state index contributed by atoms with van der Waals surface area (Å²) in [5.41, 5.74) is 2.11. The monoisotopic (exact) mass is 421 g/mol. The van der Waals surface area contributed by atoms with Crippen molar-refractivity contribution in [3.05, 3.63) is 52.8 Å². The predicted molar refractivity (Wildman–Crippen MR) is 103 cm³/mol. The van der Waals surface area contributed by atoms with Gasteiger partial charge in [0.25, 0.3) is 0 Å². The maximum Gasteiger partial charge on any atom is 0.237 e. The summed E-state index contributed by atoms with van der Waals surface area (Å²) in [7, 11) is 0. The van der Waals surface area contributed by atoms with E-state index in [4.69, 9.17) is 0 Å². The first-order valence-electron chi connectivity index (χ1n) is 7.87. The van der Waals surface area contributed by atoms with Crippen molar-refractivity contribution in [2.24, 2.45) is 0 Å². The molecule has 25 heavy (non-hydrogen) atoms. The van der Waals surface area contributed by atoms with Crippen molar-refractivity contribution >= 4 is 50.3 Å². The minimum absolute atomic E-state index is 0.171. The first-order chi connectivity index (χ1) is 12.0. The fraction of sp³-hybridized carbons (Fsp3) is 0.222. The van der Waals surface area contributed by atoms with Crippen molar-refractivity contribution in [1.82, 2.24) is 9.55 Å². The number of thioether (sulfide) groups is 1. The van der Waals surface area contributed by atoms with Crippen LogP contribution in [0.1, 0.15) is 13.8 Å². The second kappa shape index (κ2) is 7.58. The molecular weight excluding hydrogens is 405 g/mol. The Morgan fingerprint density at radius 2 is 2.12 bits per heavy atom. The smallest absolute Gasteiger partial charge is 0.237 e. The maximum atomic E-state index is 13.9. The maximum absolute atomic E-state index is 13.9. The number of carbonyl (C=O) groups excluding carboxylic acids is 1. The molecule has 1 atom stereocenters. The lowest BCUT2D eigenvalue weighted by molar-refractivity contribution is -0.115. The third-order valence-corrected chi connectivity index (χ3v) is 5.36. The van der Waals surface area contributed by atoms with E-state index in [9.17, 15) is 9.18 Å². The number of anilines is 1. The van der Waals surface area contributed by atoms with Crippen molar-refractivity contribution in [2.45, 2.75) is 30.8 Å². The number of para-hydroxylation sites is 2. The molecule has 4 nitrogen and oxygen atoms in total. The van der Waals surface area contributed by atoms with E-state index in [1.807, 2.05) is 31.2 Å². The Hall–Kier alpha value is -1.86. The molecule has 1 unspecified atom stereocenters. The van der Waals surface area contributed by atoms with Crippen LogP contribution < -0.4 is 5.32 Å². The lowest BCUT2D eigenvalue weighted by Gasteiger charge is -2.13. The summed E-state index contributed by atoms with van der Waals surface area (Å²) in [6.45, 7) is 4.59. The number of amides is 1. The molecule has 1 amide bonds. The van der Waals surface area contributed by atoms with E-state index in [-0.39, 0.29) is 11.6 Å². The molecule has 0 bridgehead atoms. The molecule has 0 aliphatic heterocycles. The molecule has 1 aromatic heterocycles. The van der Waals surface area contributed by atoms with Crippen LogP contribution in [0.15, 0.2) is 52.1 Å². The fourth-order valence-corrected chi connectivity index (χ4v) is 3.81. The summed E-state index contributed by atoms with van der Waals surface area (Å²) in [5, 5.41) is 3.00. The number of nitrogens with one attached hydrogen (secondary N) is 1. The van der Waals surface area contributed by atoms with Crippen LogP contribution in [-0.4, -0.2) is 20.7 Å². The van der Waals surface area contributed by atoms with Crippen LogP contribution in [0.4, 0.5) is 10.1 Å². The molecule has 1 heterocycles. The number of halogens is 2. The molecule has 0 saturated carbocycles. The number of nitrogens with zero attached hydrogens (tertiary/aromatic N) is 2. The van der Waals surface area contributed by atoms with Gasteiger partial charge in [-0.25, -0.2) is 9.37 Å². The summed E-state index contributed by atoms with van der Waals surface area (Å²) < 4.78 is 16.6. The van der Waals surface area contributed by atoms with Crippen molar-refractivity contribution in [1.29, 1.82) is 0 Å².